The predicted octanol–water partition coefficient (Wildman–Crippen LogP) is 3.08. The summed E-state index contributed by atoms with van der Waals surface area (Å²) in [5.74, 6) is 1.64. The summed E-state index contributed by atoms with van der Waals surface area (Å²) in [6.07, 6.45) is 9.19. The first-order valence-electron chi connectivity index (χ1n) is 9.46. The van der Waals surface area contributed by atoms with Gasteiger partial charge in [-0.1, -0.05) is 26.2 Å². The zero-order valence-electron chi connectivity index (χ0n) is 14.4. The average molecular weight is 307 g/mol. The molecule has 0 bridgehead atoms. The minimum atomic E-state index is 0.177. The number of hydrogen-bond donors (Lipinski definition) is 1. The zero-order valence-corrected chi connectivity index (χ0v) is 14.4. The Balaban J connectivity index is 1.43. The topological polar surface area (TPSA) is 35.6 Å². The number of urea groups is 1. The Morgan fingerprint density at radius 1 is 1.09 bits per heavy atom. The first kappa shape index (κ1) is 16.1. The predicted molar refractivity (Wildman–Crippen MR) is 89.9 cm³/mol. The van der Waals surface area contributed by atoms with Crippen LogP contribution in [0, 0.1) is 11.8 Å². The Morgan fingerprint density at radius 2 is 1.82 bits per heavy atom. The summed E-state index contributed by atoms with van der Waals surface area (Å²) in [5.41, 5.74) is 0. The van der Waals surface area contributed by atoms with Crippen molar-refractivity contribution in [1.82, 2.24) is 15.1 Å². The molecule has 1 saturated carbocycles. The number of rotatable bonds is 3. The largest absolute Gasteiger partial charge is 0.338 e. The van der Waals surface area contributed by atoms with Crippen LogP contribution in [0.15, 0.2) is 0 Å². The van der Waals surface area contributed by atoms with Crippen molar-refractivity contribution in [2.45, 2.75) is 70.9 Å². The van der Waals surface area contributed by atoms with E-state index in [1.165, 1.54) is 51.5 Å². The van der Waals surface area contributed by atoms with Crippen LogP contribution in [-0.2, 0) is 0 Å². The minimum Gasteiger partial charge on any atom is -0.338 e. The first-order valence-corrected chi connectivity index (χ1v) is 9.46. The number of nitrogens with zero attached hydrogens (tertiary/aromatic N) is 2. The molecule has 4 nitrogen and oxygen atoms in total. The number of nitrogens with one attached hydrogen (secondary N) is 1. The second kappa shape index (κ2) is 7.20. The van der Waals surface area contributed by atoms with Gasteiger partial charge >= 0.3 is 6.03 Å². The van der Waals surface area contributed by atoms with Crippen LogP contribution in [0.4, 0.5) is 4.79 Å². The highest BCUT2D eigenvalue weighted by atomic mass is 16.2. The highest BCUT2D eigenvalue weighted by Gasteiger charge is 2.36. The van der Waals surface area contributed by atoms with Gasteiger partial charge in [0.05, 0.1) is 0 Å². The van der Waals surface area contributed by atoms with Crippen molar-refractivity contribution in [3.63, 3.8) is 0 Å². The van der Waals surface area contributed by atoms with Crippen LogP contribution >= 0.6 is 0 Å². The molecule has 2 atom stereocenters. The molecule has 0 aromatic rings. The van der Waals surface area contributed by atoms with Gasteiger partial charge in [-0.15, -0.1) is 0 Å². The van der Waals surface area contributed by atoms with Gasteiger partial charge in [-0.3, -0.25) is 4.90 Å². The molecular formula is C18H33N3O. The van der Waals surface area contributed by atoms with Crippen molar-refractivity contribution in [3.05, 3.63) is 0 Å². The second-order valence-electron chi connectivity index (χ2n) is 7.77. The van der Waals surface area contributed by atoms with Crippen LogP contribution in [0.1, 0.15) is 58.8 Å². The van der Waals surface area contributed by atoms with E-state index in [0.29, 0.717) is 18.0 Å². The maximum atomic E-state index is 12.6. The summed E-state index contributed by atoms with van der Waals surface area (Å²) in [6.45, 7) is 8.59. The highest BCUT2D eigenvalue weighted by molar-refractivity contribution is 5.74. The Kier molecular flexibility index (Phi) is 5.27. The molecular weight excluding hydrogens is 274 g/mol. The lowest BCUT2D eigenvalue weighted by molar-refractivity contribution is 0.0795. The molecule has 4 heteroatoms. The van der Waals surface area contributed by atoms with Crippen molar-refractivity contribution >= 4 is 6.03 Å². The Morgan fingerprint density at radius 3 is 2.55 bits per heavy atom. The summed E-state index contributed by atoms with van der Waals surface area (Å²) in [6, 6.07) is 1.14. The van der Waals surface area contributed by atoms with Gasteiger partial charge in [0.2, 0.25) is 0 Å². The molecule has 2 heterocycles. The summed E-state index contributed by atoms with van der Waals surface area (Å²) >= 11 is 0. The molecule has 2 amide bonds. The molecule has 22 heavy (non-hydrogen) atoms. The molecule has 0 radical (unpaired) electrons. The maximum Gasteiger partial charge on any atom is 0.317 e. The number of hydrogen-bond acceptors (Lipinski definition) is 2. The van der Waals surface area contributed by atoms with Gasteiger partial charge in [0.1, 0.15) is 0 Å². The van der Waals surface area contributed by atoms with E-state index in [1.807, 2.05) is 0 Å². The summed E-state index contributed by atoms with van der Waals surface area (Å²) in [4.78, 5) is 17.2. The van der Waals surface area contributed by atoms with E-state index in [1.54, 1.807) is 0 Å². The van der Waals surface area contributed by atoms with Crippen LogP contribution in [0.2, 0.25) is 0 Å². The summed E-state index contributed by atoms with van der Waals surface area (Å²) in [5, 5.41) is 3.23. The standard InChI is InChI=1S/C18H33N3O/c1-3-15-6-8-16(9-7-15)11-19-18(22)21-13-17-5-4-10-20(17)12-14(21)2/h14-17H,3-13H2,1-2H3,(H,19,22)/t14-,15?,16?,17+/m0/s1. The van der Waals surface area contributed by atoms with E-state index in [2.05, 4.69) is 29.0 Å². The first-order chi connectivity index (χ1) is 10.7. The van der Waals surface area contributed by atoms with Crippen LogP contribution in [0.25, 0.3) is 0 Å². The normalized spacial score (nSPS) is 36.2. The molecule has 0 aromatic carbocycles. The van der Waals surface area contributed by atoms with E-state index in [0.717, 1.165) is 25.6 Å². The molecule has 0 spiro atoms. The highest BCUT2D eigenvalue weighted by Crippen LogP contribution is 2.30. The maximum absolute atomic E-state index is 12.6. The fourth-order valence-corrected chi connectivity index (χ4v) is 4.65. The molecule has 1 aliphatic carbocycles. The Hall–Kier alpha value is -0.770. The van der Waals surface area contributed by atoms with Crippen molar-refractivity contribution in [2.24, 2.45) is 11.8 Å². The van der Waals surface area contributed by atoms with E-state index in [-0.39, 0.29) is 6.03 Å². The van der Waals surface area contributed by atoms with Gasteiger partial charge in [-0.25, -0.2) is 4.79 Å². The van der Waals surface area contributed by atoms with Gasteiger partial charge in [-0.2, -0.15) is 0 Å². The Bertz CT molecular complexity index is 379. The third-order valence-electron chi connectivity index (χ3n) is 6.28. The van der Waals surface area contributed by atoms with E-state index in [4.69, 9.17) is 0 Å². The minimum absolute atomic E-state index is 0.177. The van der Waals surface area contributed by atoms with E-state index in [9.17, 15) is 4.79 Å². The van der Waals surface area contributed by atoms with Crippen molar-refractivity contribution in [3.8, 4) is 0 Å². The number of carbonyl (C=O) groups is 1. The van der Waals surface area contributed by atoms with Gasteiger partial charge in [-0.05, 0) is 51.0 Å². The van der Waals surface area contributed by atoms with E-state index < -0.39 is 0 Å². The lowest BCUT2D eigenvalue weighted by Gasteiger charge is -2.42. The van der Waals surface area contributed by atoms with Crippen molar-refractivity contribution < 1.29 is 4.79 Å². The Labute approximate surface area is 135 Å². The number of carbonyl (C=O) groups excluding carboxylic acids is 1. The molecule has 0 aromatic heterocycles. The zero-order chi connectivity index (χ0) is 15.5. The van der Waals surface area contributed by atoms with Crippen LogP contribution in [0.3, 0.4) is 0 Å². The third kappa shape index (κ3) is 3.58. The van der Waals surface area contributed by atoms with Gasteiger partial charge < -0.3 is 10.2 Å². The summed E-state index contributed by atoms with van der Waals surface area (Å²) < 4.78 is 0. The van der Waals surface area contributed by atoms with Crippen molar-refractivity contribution in [1.29, 1.82) is 0 Å². The monoisotopic (exact) mass is 307 g/mol. The molecule has 2 aliphatic heterocycles. The van der Waals surface area contributed by atoms with E-state index >= 15 is 0 Å². The van der Waals surface area contributed by atoms with Gasteiger partial charge in [0.15, 0.2) is 0 Å². The van der Waals surface area contributed by atoms with Crippen LogP contribution in [-0.4, -0.2) is 54.1 Å². The SMILES string of the molecule is CCC1CCC(CNC(=O)N2C[C@H]3CCCN3C[C@@H]2C)CC1. The fraction of sp³-hybridized carbons (Fsp3) is 0.944. The van der Waals surface area contributed by atoms with Crippen LogP contribution < -0.4 is 5.32 Å². The van der Waals surface area contributed by atoms with Gasteiger partial charge in [0, 0.05) is 31.7 Å². The molecule has 3 aliphatic rings. The second-order valence-corrected chi connectivity index (χ2v) is 7.77. The quantitative estimate of drug-likeness (QED) is 0.870. The smallest absolute Gasteiger partial charge is 0.317 e. The van der Waals surface area contributed by atoms with Crippen LogP contribution in [0.5, 0.6) is 0 Å². The lowest BCUT2D eigenvalue weighted by atomic mass is 9.81. The molecule has 3 rings (SSSR count). The van der Waals surface area contributed by atoms with Crippen molar-refractivity contribution in [2.75, 3.05) is 26.2 Å². The molecule has 3 fully saturated rings. The number of piperazine rings is 1. The fourth-order valence-electron chi connectivity index (χ4n) is 4.65. The lowest BCUT2D eigenvalue weighted by Crippen LogP contribution is -2.59. The van der Waals surface area contributed by atoms with Gasteiger partial charge in [0.25, 0.3) is 0 Å². The average Bonchev–Trinajstić information content (AvgIpc) is 2.99. The number of amides is 2. The molecule has 2 saturated heterocycles. The third-order valence-corrected chi connectivity index (χ3v) is 6.28. The summed E-state index contributed by atoms with van der Waals surface area (Å²) in [7, 11) is 0. The molecule has 1 N–H and O–H groups in total. The number of fused-ring (bicyclic) bond motifs is 1. The molecule has 126 valence electrons. The molecule has 0 unspecified atom stereocenters.